The smallest absolute Gasteiger partial charge is 0.147 e. The number of halogens is 1. The van der Waals surface area contributed by atoms with Crippen LogP contribution in [0.15, 0.2) is 18.2 Å². The second kappa shape index (κ2) is 6.04. The van der Waals surface area contributed by atoms with Gasteiger partial charge in [0, 0.05) is 18.2 Å². The Bertz CT molecular complexity index is 453. The van der Waals surface area contributed by atoms with E-state index in [1.54, 1.807) is 12.1 Å². The molecule has 1 saturated carbocycles. The zero-order valence-electron chi connectivity index (χ0n) is 11.5. The molecule has 1 aromatic rings. The first-order valence-corrected chi connectivity index (χ1v) is 7.04. The maximum atomic E-state index is 14.2. The van der Waals surface area contributed by atoms with Crippen molar-refractivity contribution < 1.29 is 4.39 Å². The van der Waals surface area contributed by atoms with Crippen LogP contribution >= 0.6 is 0 Å². The molecule has 1 fully saturated rings. The second-order valence-corrected chi connectivity index (χ2v) is 5.16. The van der Waals surface area contributed by atoms with Gasteiger partial charge in [0.2, 0.25) is 0 Å². The minimum atomic E-state index is -0.278. The molecule has 1 aliphatic rings. The van der Waals surface area contributed by atoms with Crippen molar-refractivity contribution in [3.05, 3.63) is 29.6 Å². The van der Waals surface area contributed by atoms with Crippen LogP contribution in [0.1, 0.15) is 44.6 Å². The lowest BCUT2D eigenvalue weighted by molar-refractivity contribution is 0.414. The molecule has 0 aromatic heterocycles. The van der Waals surface area contributed by atoms with E-state index in [9.17, 15) is 4.39 Å². The van der Waals surface area contributed by atoms with Crippen LogP contribution in [0, 0.1) is 11.2 Å². The Morgan fingerprint density at radius 1 is 1.37 bits per heavy atom. The number of nitrogens with zero attached hydrogens (tertiary/aromatic N) is 1. The standard InChI is InChI=1S/C15H22FN3/c1-2-19(12-6-4-3-5-7-12)14-9-8-11(15(17)18)10-13(14)16/h8-10,12H,2-7H2,1H3,(H3,17,18). The molecule has 0 saturated heterocycles. The number of nitrogen functional groups attached to an aromatic ring is 1. The highest BCUT2D eigenvalue weighted by molar-refractivity contribution is 5.95. The van der Waals surface area contributed by atoms with Gasteiger partial charge in [-0.25, -0.2) is 4.39 Å². The molecule has 3 N–H and O–H groups in total. The van der Waals surface area contributed by atoms with Crippen molar-refractivity contribution in [3.63, 3.8) is 0 Å². The van der Waals surface area contributed by atoms with Gasteiger partial charge in [0.25, 0.3) is 0 Å². The van der Waals surface area contributed by atoms with E-state index in [0.717, 1.165) is 19.4 Å². The summed E-state index contributed by atoms with van der Waals surface area (Å²) in [6.07, 6.45) is 6.03. The first-order chi connectivity index (χ1) is 9.13. The van der Waals surface area contributed by atoms with Gasteiger partial charge >= 0.3 is 0 Å². The highest BCUT2D eigenvalue weighted by Gasteiger charge is 2.22. The monoisotopic (exact) mass is 263 g/mol. The third-order valence-electron chi connectivity index (χ3n) is 3.92. The molecule has 0 spiro atoms. The van der Waals surface area contributed by atoms with Crippen LogP contribution in [0.4, 0.5) is 10.1 Å². The third-order valence-corrected chi connectivity index (χ3v) is 3.92. The maximum absolute atomic E-state index is 14.2. The van der Waals surface area contributed by atoms with Gasteiger partial charge in [-0.3, -0.25) is 5.41 Å². The van der Waals surface area contributed by atoms with Crippen LogP contribution in [-0.2, 0) is 0 Å². The van der Waals surface area contributed by atoms with E-state index in [-0.39, 0.29) is 11.7 Å². The Labute approximate surface area is 114 Å². The molecule has 4 heteroatoms. The topological polar surface area (TPSA) is 53.1 Å². The van der Waals surface area contributed by atoms with Gasteiger partial charge in [-0.1, -0.05) is 19.3 Å². The highest BCUT2D eigenvalue weighted by atomic mass is 19.1. The number of hydrogen-bond acceptors (Lipinski definition) is 2. The van der Waals surface area contributed by atoms with Crippen molar-refractivity contribution >= 4 is 11.5 Å². The number of benzene rings is 1. The number of rotatable bonds is 4. The molecule has 19 heavy (non-hydrogen) atoms. The molecule has 0 aliphatic heterocycles. The number of anilines is 1. The molecular weight excluding hydrogens is 241 g/mol. The molecule has 104 valence electrons. The summed E-state index contributed by atoms with van der Waals surface area (Å²) in [6, 6.07) is 5.29. The van der Waals surface area contributed by atoms with Crippen LogP contribution < -0.4 is 10.6 Å². The Morgan fingerprint density at radius 3 is 2.58 bits per heavy atom. The van der Waals surface area contributed by atoms with Gasteiger partial charge in [-0.05, 0) is 38.0 Å². The van der Waals surface area contributed by atoms with Gasteiger partial charge in [0.1, 0.15) is 11.7 Å². The second-order valence-electron chi connectivity index (χ2n) is 5.16. The summed E-state index contributed by atoms with van der Waals surface area (Å²) >= 11 is 0. The quantitative estimate of drug-likeness (QED) is 0.647. The third kappa shape index (κ3) is 3.06. The van der Waals surface area contributed by atoms with E-state index < -0.39 is 0 Å². The number of nitrogens with two attached hydrogens (primary N) is 1. The molecule has 0 heterocycles. The lowest BCUT2D eigenvalue weighted by atomic mass is 9.93. The molecule has 0 amide bonds. The number of hydrogen-bond donors (Lipinski definition) is 2. The number of amidine groups is 1. The van der Waals surface area contributed by atoms with E-state index in [0.29, 0.717) is 17.3 Å². The summed E-state index contributed by atoms with van der Waals surface area (Å²) in [5.41, 5.74) is 6.47. The summed E-state index contributed by atoms with van der Waals surface area (Å²) in [5.74, 6) is -0.369. The average Bonchev–Trinajstić information content (AvgIpc) is 2.42. The van der Waals surface area contributed by atoms with Crippen LogP contribution in [0.2, 0.25) is 0 Å². The lowest BCUT2D eigenvalue weighted by Crippen LogP contribution is -2.37. The summed E-state index contributed by atoms with van der Waals surface area (Å²) in [5, 5.41) is 7.35. The molecule has 1 aromatic carbocycles. The predicted octanol–water partition coefficient (Wildman–Crippen LogP) is 3.27. The molecular formula is C15H22FN3. The van der Waals surface area contributed by atoms with Crippen LogP contribution in [0.3, 0.4) is 0 Å². The fraction of sp³-hybridized carbons (Fsp3) is 0.533. The maximum Gasteiger partial charge on any atom is 0.147 e. The predicted molar refractivity (Wildman–Crippen MR) is 77.3 cm³/mol. The lowest BCUT2D eigenvalue weighted by Gasteiger charge is -2.35. The number of nitrogens with one attached hydrogen (secondary N) is 1. The molecule has 3 nitrogen and oxygen atoms in total. The normalized spacial score (nSPS) is 16.3. The zero-order valence-corrected chi connectivity index (χ0v) is 11.5. The molecule has 0 unspecified atom stereocenters. The Balaban J connectivity index is 2.24. The van der Waals surface area contributed by atoms with E-state index in [1.165, 1.54) is 25.3 Å². The Hall–Kier alpha value is -1.58. The van der Waals surface area contributed by atoms with Crippen molar-refractivity contribution in [1.29, 1.82) is 5.41 Å². The summed E-state index contributed by atoms with van der Waals surface area (Å²) in [7, 11) is 0. The Kier molecular flexibility index (Phi) is 4.40. The van der Waals surface area contributed by atoms with Crippen LogP contribution in [0.25, 0.3) is 0 Å². The van der Waals surface area contributed by atoms with Crippen molar-refractivity contribution in [1.82, 2.24) is 0 Å². The van der Waals surface area contributed by atoms with Gasteiger partial charge in [0.15, 0.2) is 0 Å². The molecule has 0 radical (unpaired) electrons. The van der Waals surface area contributed by atoms with Crippen molar-refractivity contribution in [2.24, 2.45) is 5.73 Å². The highest BCUT2D eigenvalue weighted by Crippen LogP contribution is 2.29. The van der Waals surface area contributed by atoms with Crippen LogP contribution in [-0.4, -0.2) is 18.4 Å². The van der Waals surface area contributed by atoms with E-state index in [1.807, 2.05) is 0 Å². The van der Waals surface area contributed by atoms with Crippen molar-refractivity contribution in [2.75, 3.05) is 11.4 Å². The van der Waals surface area contributed by atoms with Gasteiger partial charge < -0.3 is 10.6 Å². The minimum Gasteiger partial charge on any atom is -0.384 e. The largest absolute Gasteiger partial charge is 0.384 e. The van der Waals surface area contributed by atoms with Gasteiger partial charge in [-0.2, -0.15) is 0 Å². The first-order valence-electron chi connectivity index (χ1n) is 7.04. The van der Waals surface area contributed by atoms with E-state index in [2.05, 4.69) is 11.8 Å². The van der Waals surface area contributed by atoms with Crippen molar-refractivity contribution in [3.8, 4) is 0 Å². The van der Waals surface area contributed by atoms with Gasteiger partial charge in [0.05, 0.1) is 5.69 Å². The van der Waals surface area contributed by atoms with E-state index in [4.69, 9.17) is 11.1 Å². The molecule has 0 bridgehead atoms. The van der Waals surface area contributed by atoms with Crippen LogP contribution in [0.5, 0.6) is 0 Å². The Morgan fingerprint density at radius 2 is 2.05 bits per heavy atom. The SMILES string of the molecule is CCN(c1ccc(C(=N)N)cc1F)C1CCCCC1. The van der Waals surface area contributed by atoms with Crippen molar-refractivity contribution in [2.45, 2.75) is 45.1 Å². The summed E-state index contributed by atoms with van der Waals surface area (Å²) in [4.78, 5) is 2.15. The fourth-order valence-corrected chi connectivity index (χ4v) is 2.93. The summed E-state index contributed by atoms with van der Waals surface area (Å²) in [6.45, 7) is 2.87. The molecule has 0 atom stereocenters. The van der Waals surface area contributed by atoms with Gasteiger partial charge in [-0.15, -0.1) is 0 Å². The minimum absolute atomic E-state index is 0.0915. The fourth-order valence-electron chi connectivity index (χ4n) is 2.93. The average molecular weight is 263 g/mol. The molecule has 1 aliphatic carbocycles. The zero-order chi connectivity index (χ0) is 13.8. The van der Waals surface area contributed by atoms with E-state index >= 15 is 0 Å². The molecule has 2 rings (SSSR count). The first kappa shape index (κ1) is 13.8. The summed E-state index contributed by atoms with van der Waals surface area (Å²) < 4.78 is 14.2.